The molecule has 0 saturated heterocycles. The highest BCUT2D eigenvalue weighted by Gasteiger charge is 2.25. The van der Waals surface area contributed by atoms with Crippen molar-refractivity contribution < 1.29 is 4.79 Å². The summed E-state index contributed by atoms with van der Waals surface area (Å²) in [4.78, 5) is 5.21. The first-order chi connectivity index (χ1) is 7.15. The van der Waals surface area contributed by atoms with E-state index in [0.29, 0.717) is 22.2 Å². The van der Waals surface area contributed by atoms with E-state index in [9.17, 15) is 0 Å². The first-order valence-corrected chi connectivity index (χ1v) is 5.63. The second-order valence-corrected chi connectivity index (χ2v) is 3.90. The van der Waals surface area contributed by atoms with E-state index in [4.69, 9.17) is 28.7 Å². The van der Waals surface area contributed by atoms with Crippen LogP contribution in [0.5, 0.6) is 0 Å². The quantitative estimate of drug-likeness (QED) is 0.557. The second kappa shape index (κ2) is 5.36. The summed E-state index contributed by atoms with van der Waals surface area (Å²) in [6, 6.07) is 0. The van der Waals surface area contributed by atoms with Crippen molar-refractivity contribution in [1.82, 2.24) is 4.90 Å². The largest absolute Gasteiger partial charge is 0.371 e. The van der Waals surface area contributed by atoms with Gasteiger partial charge in [-0.2, -0.15) is 4.79 Å². The molecule has 0 amide bonds. The van der Waals surface area contributed by atoms with Crippen LogP contribution < -0.4 is 0 Å². The summed E-state index contributed by atoms with van der Waals surface area (Å²) >= 11 is 12.1. The number of halogens is 2. The van der Waals surface area contributed by atoms with Gasteiger partial charge in [0.05, 0.1) is 17.2 Å². The molecule has 0 radical (unpaired) electrons. The van der Waals surface area contributed by atoms with Crippen LogP contribution in [0.4, 0.5) is 0 Å². The van der Waals surface area contributed by atoms with E-state index in [1.54, 1.807) is 0 Å². The molecule has 0 unspecified atom stereocenters. The van der Waals surface area contributed by atoms with E-state index >= 15 is 0 Å². The molecule has 5 heteroatoms. The number of rotatable bonds is 3. The molecule has 1 aliphatic carbocycles. The van der Waals surface area contributed by atoms with Crippen LogP contribution in [-0.4, -0.2) is 28.5 Å². The van der Waals surface area contributed by atoms with Crippen molar-refractivity contribution in [2.75, 3.05) is 13.1 Å². The molecule has 0 aromatic heterocycles. The molecule has 82 valence electrons. The minimum absolute atomic E-state index is 0.337. The molecule has 0 aromatic carbocycles. The van der Waals surface area contributed by atoms with E-state index in [-0.39, 0.29) is 0 Å². The summed E-state index contributed by atoms with van der Waals surface area (Å²) in [5, 5.41) is 0.794. The van der Waals surface area contributed by atoms with Gasteiger partial charge in [-0.1, -0.05) is 23.2 Å². The first-order valence-electron chi connectivity index (χ1n) is 4.87. The SMILES string of the molecule is CCN(CC)C1=CCC(=[N+]=[N-])C(Cl)=C1Cl. The molecular weight excluding hydrogens is 233 g/mol. The number of hydrogen-bond acceptors (Lipinski definition) is 1. The van der Waals surface area contributed by atoms with Crippen LogP contribution in [0.2, 0.25) is 0 Å². The molecule has 0 saturated carbocycles. The third-order valence-corrected chi connectivity index (χ3v) is 3.27. The van der Waals surface area contributed by atoms with E-state index in [1.165, 1.54) is 0 Å². The zero-order valence-corrected chi connectivity index (χ0v) is 10.3. The predicted molar refractivity (Wildman–Crippen MR) is 63.0 cm³/mol. The monoisotopic (exact) mass is 245 g/mol. The minimum Gasteiger partial charge on any atom is -0.371 e. The maximum absolute atomic E-state index is 8.69. The highest BCUT2D eigenvalue weighted by Crippen LogP contribution is 2.30. The summed E-state index contributed by atoms with van der Waals surface area (Å²) in [5.74, 6) is 0. The normalized spacial score (nSPS) is 16.3. The van der Waals surface area contributed by atoms with Gasteiger partial charge >= 0.3 is 5.71 Å². The lowest BCUT2D eigenvalue weighted by molar-refractivity contribution is -0.00592. The van der Waals surface area contributed by atoms with Gasteiger partial charge in [0.15, 0.2) is 0 Å². The lowest BCUT2D eigenvalue weighted by Crippen LogP contribution is -2.25. The Morgan fingerprint density at radius 3 is 2.40 bits per heavy atom. The fourth-order valence-corrected chi connectivity index (χ4v) is 2.05. The standard InChI is InChI=1S/C10H13Cl2N3/c1-3-15(4-2)8-6-5-7(14-13)9(11)10(8)12/h6H,3-5H2,1-2H3. The zero-order chi connectivity index (χ0) is 11.4. The summed E-state index contributed by atoms with van der Waals surface area (Å²) in [5.41, 5.74) is 10.0. The molecule has 3 nitrogen and oxygen atoms in total. The average Bonchev–Trinajstić information content (AvgIpc) is 2.26. The van der Waals surface area contributed by atoms with Crippen molar-refractivity contribution in [1.29, 1.82) is 0 Å². The average molecular weight is 246 g/mol. The number of nitrogens with zero attached hydrogens (tertiary/aromatic N) is 3. The van der Waals surface area contributed by atoms with E-state index in [2.05, 4.69) is 23.5 Å². The van der Waals surface area contributed by atoms with Gasteiger partial charge in [0.25, 0.3) is 0 Å². The van der Waals surface area contributed by atoms with Gasteiger partial charge in [-0.3, -0.25) is 0 Å². The number of likely N-dealkylation sites (N-methyl/N-ethyl adjacent to an activating group) is 1. The van der Waals surface area contributed by atoms with Crippen LogP contribution in [-0.2, 0) is 0 Å². The molecule has 0 fully saturated rings. The van der Waals surface area contributed by atoms with Crippen LogP contribution >= 0.6 is 23.2 Å². The molecule has 0 bridgehead atoms. The molecule has 0 aromatic rings. The van der Waals surface area contributed by atoms with E-state index in [0.717, 1.165) is 18.8 Å². The van der Waals surface area contributed by atoms with Crippen molar-refractivity contribution in [3.63, 3.8) is 0 Å². The summed E-state index contributed by atoms with van der Waals surface area (Å²) in [6.07, 6.45) is 2.44. The molecule has 15 heavy (non-hydrogen) atoms. The molecule has 0 spiro atoms. The van der Waals surface area contributed by atoms with Gasteiger partial charge in [-0.05, 0) is 19.9 Å². The Kier molecular flexibility index (Phi) is 4.40. The van der Waals surface area contributed by atoms with Crippen LogP contribution in [0, 0.1) is 0 Å². The Morgan fingerprint density at radius 1 is 1.33 bits per heavy atom. The fourth-order valence-electron chi connectivity index (χ4n) is 1.53. The summed E-state index contributed by atoms with van der Waals surface area (Å²) in [7, 11) is 0. The van der Waals surface area contributed by atoms with Crippen LogP contribution in [0.15, 0.2) is 21.8 Å². The topological polar surface area (TPSA) is 39.6 Å². The number of allylic oxidation sites excluding steroid dienone is 3. The van der Waals surface area contributed by atoms with Gasteiger partial charge < -0.3 is 10.4 Å². The molecule has 0 N–H and O–H groups in total. The van der Waals surface area contributed by atoms with Crippen LogP contribution in [0.3, 0.4) is 0 Å². The maximum atomic E-state index is 8.69. The lowest BCUT2D eigenvalue weighted by atomic mass is 10.1. The van der Waals surface area contributed by atoms with Gasteiger partial charge in [0.1, 0.15) is 5.03 Å². The lowest BCUT2D eigenvalue weighted by Gasteiger charge is -2.25. The van der Waals surface area contributed by atoms with Crippen LogP contribution in [0.1, 0.15) is 20.3 Å². The molecule has 1 aliphatic rings. The summed E-state index contributed by atoms with van der Waals surface area (Å²) in [6.45, 7) is 5.85. The minimum atomic E-state index is 0.337. The second-order valence-electron chi connectivity index (χ2n) is 3.14. The van der Waals surface area contributed by atoms with Gasteiger partial charge in [-0.15, -0.1) is 0 Å². The molecule has 0 atom stereocenters. The third-order valence-electron chi connectivity index (χ3n) is 2.38. The van der Waals surface area contributed by atoms with Gasteiger partial charge in [0.2, 0.25) is 0 Å². The Hall–Kier alpha value is -0.760. The van der Waals surface area contributed by atoms with E-state index < -0.39 is 0 Å². The third kappa shape index (κ3) is 2.43. The highest BCUT2D eigenvalue weighted by atomic mass is 35.5. The fraction of sp³-hybridized carbons (Fsp3) is 0.500. The van der Waals surface area contributed by atoms with Gasteiger partial charge in [0, 0.05) is 13.1 Å². The Morgan fingerprint density at radius 2 is 1.93 bits per heavy atom. The Balaban J connectivity index is 3.06. The van der Waals surface area contributed by atoms with Crippen molar-refractivity contribution in [3.05, 3.63) is 27.4 Å². The molecular formula is C10H13Cl2N3. The smallest absolute Gasteiger partial charge is 0.315 e. The van der Waals surface area contributed by atoms with Gasteiger partial charge in [-0.25, -0.2) is 0 Å². The molecule has 1 rings (SSSR count). The van der Waals surface area contributed by atoms with Crippen molar-refractivity contribution in [2.45, 2.75) is 20.3 Å². The zero-order valence-electron chi connectivity index (χ0n) is 8.80. The maximum Gasteiger partial charge on any atom is 0.315 e. The van der Waals surface area contributed by atoms with E-state index in [1.807, 2.05) is 6.08 Å². The van der Waals surface area contributed by atoms with Crippen LogP contribution in [0.25, 0.3) is 5.53 Å². The van der Waals surface area contributed by atoms with Crippen molar-refractivity contribution >= 4 is 28.9 Å². The highest BCUT2D eigenvalue weighted by molar-refractivity contribution is 6.49. The predicted octanol–water partition coefficient (Wildman–Crippen LogP) is 2.98. The Bertz CT molecular complexity index is 361. The van der Waals surface area contributed by atoms with Crippen molar-refractivity contribution in [2.24, 2.45) is 0 Å². The molecule has 0 heterocycles. The summed E-state index contributed by atoms with van der Waals surface area (Å²) < 4.78 is 0. The molecule has 0 aliphatic heterocycles. The van der Waals surface area contributed by atoms with Crippen molar-refractivity contribution in [3.8, 4) is 0 Å². The first kappa shape index (κ1) is 12.3. The number of hydrogen-bond donors (Lipinski definition) is 0. The Labute approximate surface area is 99.6 Å².